The van der Waals surface area contributed by atoms with E-state index in [1.807, 2.05) is 24.3 Å². The molecule has 1 aromatic carbocycles. The number of amides is 1. The number of aromatic nitrogens is 1. The van der Waals surface area contributed by atoms with Crippen LogP contribution in [0.5, 0.6) is 0 Å². The lowest BCUT2D eigenvalue weighted by molar-refractivity contribution is 0.0690. The van der Waals surface area contributed by atoms with Gasteiger partial charge in [0.05, 0.1) is 0 Å². The first-order chi connectivity index (χ1) is 10.1. The second kappa shape index (κ2) is 6.65. The Morgan fingerprint density at radius 1 is 1.10 bits per heavy atom. The number of hydrogen-bond acceptors (Lipinski definition) is 3. The minimum atomic E-state index is -1.16. The Balaban J connectivity index is 2.10. The number of hydrogen-bond donors (Lipinski definition) is 2. The molecule has 21 heavy (non-hydrogen) atoms. The van der Waals surface area contributed by atoms with Gasteiger partial charge in [0.25, 0.3) is 5.91 Å². The van der Waals surface area contributed by atoms with Gasteiger partial charge in [-0.2, -0.15) is 0 Å². The largest absolute Gasteiger partial charge is 0.477 e. The molecule has 1 heterocycles. The molecule has 0 radical (unpaired) electrons. The van der Waals surface area contributed by atoms with E-state index in [9.17, 15) is 9.59 Å². The first kappa shape index (κ1) is 14.7. The highest BCUT2D eigenvalue weighted by molar-refractivity contribution is 6.03. The minimum absolute atomic E-state index is 0.0764. The quantitative estimate of drug-likeness (QED) is 0.884. The summed E-state index contributed by atoms with van der Waals surface area (Å²) >= 11 is 0. The molecule has 0 fully saturated rings. The van der Waals surface area contributed by atoms with Crippen molar-refractivity contribution in [2.24, 2.45) is 0 Å². The van der Waals surface area contributed by atoms with Gasteiger partial charge in [-0.05, 0) is 36.2 Å². The standard InChI is InChI=1S/C16H16N2O3/c1-2-4-11-7-9-12(10-8-11)17-15(19)13-5-3-6-14(18-13)16(20)21/h3,5-10H,2,4H2,1H3,(H,17,19)(H,20,21). The second-order valence-electron chi connectivity index (χ2n) is 4.61. The predicted octanol–water partition coefficient (Wildman–Crippen LogP) is 2.98. The number of benzene rings is 1. The van der Waals surface area contributed by atoms with Crippen molar-refractivity contribution in [1.29, 1.82) is 0 Å². The third-order valence-corrected chi connectivity index (χ3v) is 2.95. The van der Waals surface area contributed by atoms with Crippen LogP contribution in [-0.2, 0) is 6.42 Å². The first-order valence-corrected chi connectivity index (χ1v) is 6.71. The number of carbonyl (C=O) groups excluding carboxylic acids is 1. The maximum atomic E-state index is 12.0. The van der Waals surface area contributed by atoms with Crippen LogP contribution in [0.1, 0.15) is 39.9 Å². The van der Waals surface area contributed by atoms with Crippen molar-refractivity contribution in [1.82, 2.24) is 4.98 Å². The van der Waals surface area contributed by atoms with E-state index in [2.05, 4.69) is 17.2 Å². The number of carbonyl (C=O) groups is 2. The Morgan fingerprint density at radius 2 is 1.76 bits per heavy atom. The van der Waals surface area contributed by atoms with E-state index in [1.165, 1.54) is 23.8 Å². The summed E-state index contributed by atoms with van der Waals surface area (Å²) in [6, 6.07) is 11.9. The zero-order valence-electron chi connectivity index (χ0n) is 11.7. The van der Waals surface area contributed by atoms with E-state index < -0.39 is 11.9 Å². The SMILES string of the molecule is CCCc1ccc(NC(=O)c2cccc(C(=O)O)n2)cc1. The molecule has 0 saturated carbocycles. The number of pyridine rings is 1. The topological polar surface area (TPSA) is 79.3 Å². The molecule has 0 aliphatic rings. The summed E-state index contributed by atoms with van der Waals surface area (Å²) in [5.41, 5.74) is 1.79. The molecule has 2 N–H and O–H groups in total. The minimum Gasteiger partial charge on any atom is -0.477 e. The number of aromatic carboxylic acids is 1. The summed E-state index contributed by atoms with van der Waals surface area (Å²) in [5.74, 6) is -1.59. The van der Waals surface area contributed by atoms with Gasteiger partial charge in [0, 0.05) is 5.69 Å². The van der Waals surface area contributed by atoms with Crippen LogP contribution < -0.4 is 5.32 Å². The number of aryl methyl sites for hydroxylation is 1. The summed E-state index contributed by atoms with van der Waals surface area (Å²) in [6.45, 7) is 2.11. The molecule has 5 heteroatoms. The zero-order chi connectivity index (χ0) is 15.2. The third kappa shape index (κ3) is 3.89. The van der Waals surface area contributed by atoms with Gasteiger partial charge in [-0.15, -0.1) is 0 Å². The maximum Gasteiger partial charge on any atom is 0.354 e. The predicted molar refractivity (Wildman–Crippen MR) is 79.6 cm³/mol. The van der Waals surface area contributed by atoms with Gasteiger partial charge in [-0.3, -0.25) is 4.79 Å². The monoisotopic (exact) mass is 284 g/mol. The second-order valence-corrected chi connectivity index (χ2v) is 4.61. The normalized spacial score (nSPS) is 10.1. The van der Waals surface area contributed by atoms with Crippen molar-refractivity contribution in [3.8, 4) is 0 Å². The van der Waals surface area contributed by atoms with Crippen LogP contribution in [0.4, 0.5) is 5.69 Å². The molecule has 0 aliphatic carbocycles. The molecule has 5 nitrogen and oxygen atoms in total. The molecule has 0 unspecified atom stereocenters. The summed E-state index contributed by atoms with van der Waals surface area (Å²) in [4.78, 5) is 26.7. The molecule has 0 atom stereocenters. The molecule has 1 aromatic heterocycles. The molecule has 1 amide bonds. The van der Waals surface area contributed by atoms with Crippen LogP contribution in [0.25, 0.3) is 0 Å². The van der Waals surface area contributed by atoms with E-state index in [0.717, 1.165) is 12.8 Å². The van der Waals surface area contributed by atoms with Crippen molar-refractivity contribution in [2.45, 2.75) is 19.8 Å². The summed E-state index contributed by atoms with van der Waals surface area (Å²) in [6.07, 6.45) is 2.06. The van der Waals surface area contributed by atoms with E-state index in [4.69, 9.17) is 5.11 Å². The van der Waals surface area contributed by atoms with Crippen LogP contribution in [0.15, 0.2) is 42.5 Å². The molecule has 2 aromatic rings. The number of nitrogens with one attached hydrogen (secondary N) is 1. The van der Waals surface area contributed by atoms with E-state index in [1.54, 1.807) is 0 Å². The summed E-state index contributed by atoms with van der Waals surface area (Å²) in [7, 11) is 0. The van der Waals surface area contributed by atoms with Gasteiger partial charge in [-0.25, -0.2) is 9.78 Å². The number of carboxylic acid groups (broad SMARTS) is 1. The zero-order valence-corrected chi connectivity index (χ0v) is 11.7. The van der Waals surface area contributed by atoms with E-state index in [0.29, 0.717) is 5.69 Å². The molecule has 0 saturated heterocycles. The summed E-state index contributed by atoms with van der Waals surface area (Å²) in [5, 5.41) is 11.6. The van der Waals surface area contributed by atoms with Crippen molar-refractivity contribution >= 4 is 17.6 Å². The van der Waals surface area contributed by atoms with Gasteiger partial charge >= 0.3 is 5.97 Å². The lowest BCUT2D eigenvalue weighted by Gasteiger charge is -2.06. The average Bonchev–Trinajstić information content (AvgIpc) is 2.49. The van der Waals surface area contributed by atoms with Gasteiger partial charge in [-0.1, -0.05) is 31.5 Å². The summed E-state index contributed by atoms with van der Waals surface area (Å²) < 4.78 is 0. The lowest BCUT2D eigenvalue weighted by Crippen LogP contribution is -2.15. The van der Waals surface area contributed by atoms with Crippen molar-refractivity contribution in [2.75, 3.05) is 5.32 Å². The Labute approximate surface area is 122 Å². The smallest absolute Gasteiger partial charge is 0.354 e. The van der Waals surface area contributed by atoms with Gasteiger partial charge < -0.3 is 10.4 Å². The average molecular weight is 284 g/mol. The van der Waals surface area contributed by atoms with Crippen molar-refractivity contribution in [3.63, 3.8) is 0 Å². The maximum absolute atomic E-state index is 12.0. The molecule has 0 aliphatic heterocycles. The van der Waals surface area contributed by atoms with Gasteiger partial charge in [0.1, 0.15) is 11.4 Å². The highest BCUT2D eigenvalue weighted by Crippen LogP contribution is 2.12. The molecule has 0 bridgehead atoms. The van der Waals surface area contributed by atoms with E-state index in [-0.39, 0.29) is 11.4 Å². The van der Waals surface area contributed by atoms with Gasteiger partial charge in [0.15, 0.2) is 0 Å². The fourth-order valence-corrected chi connectivity index (χ4v) is 1.92. The lowest BCUT2D eigenvalue weighted by atomic mass is 10.1. The van der Waals surface area contributed by atoms with Crippen molar-refractivity contribution in [3.05, 3.63) is 59.4 Å². The highest BCUT2D eigenvalue weighted by atomic mass is 16.4. The molecular weight excluding hydrogens is 268 g/mol. The number of anilines is 1. The van der Waals surface area contributed by atoms with Crippen LogP contribution in [0, 0.1) is 0 Å². The Bertz CT molecular complexity index is 651. The number of carboxylic acids is 1. The Kier molecular flexibility index (Phi) is 4.66. The van der Waals surface area contributed by atoms with Crippen LogP contribution in [-0.4, -0.2) is 22.0 Å². The van der Waals surface area contributed by atoms with Crippen LogP contribution in [0.3, 0.4) is 0 Å². The third-order valence-electron chi connectivity index (χ3n) is 2.95. The molecule has 2 rings (SSSR count). The number of nitrogens with zero attached hydrogens (tertiary/aromatic N) is 1. The van der Waals surface area contributed by atoms with E-state index >= 15 is 0 Å². The Morgan fingerprint density at radius 3 is 2.38 bits per heavy atom. The highest BCUT2D eigenvalue weighted by Gasteiger charge is 2.11. The number of rotatable bonds is 5. The fourth-order valence-electron chi connectivity index (χ4n) is 1.92. The molecule has 0 spiro atoms. The molecule has 108 valence electrons. The van der Waals surface area contributed by atoms with Crippen molar-refractivity contribution < 1.29 is 14.7 Å². The Hall–Kier alpha value is -2.69. The fraction of sp³-hybridized carbons (Fsp3) is 0.188. The van der Waals surface area contributed by atoms with Crippen LogP contribution >= 0.6 is 0 Å². The van der Waals surface area contributed by atoms with Gasteiger partial charge in [0.2, 0.25) is 0 Å². The molecular formula is C16H16N2O3. The first-order valence-electron chi connectivity index (χ1n) is 6.71. The van der Waals surface area contributed by atoms with Crippen LogP contribution in [0.2, 0.25) is 0 Å².